The molecule has 3 heteroatoms. The maximum atomic E-state index is 12.9. The van der Waals surface area contributed by atoms with E-state index >= 15 is 0 Å². The molecule has 0 aromatic heterocycles. The minimum Gasteiger partial charge on any atom is -0.332 e. The average Bonchev–Trinajstić information content (AvgIpc) is 3.24. The average molecular weight is 299 g/mol. The molecule has 1 aliphatic heterocycles. The Morgan fingerprint density at radius 3 is 2.41 bits per heavy atom. The Balaban J connectivity index is 1.72. The van der Waals surface area contributed by atoms with Gasteiger partial charge in [-0.1, -0.05) is 50.1 Å². The molecule has 22 heavy (non-hydrogen) atoms. The van der Waals surface area contributed by atoms with Gasteiger partial charge in [0.25, 0.3) is 0 Å². The second kappa shape index (κ2) is 6.64. The van der Waals surface area contributed by atoms with Crippen LogP contribution in [0.3, 0.4) is 0 Å². The molecule has 0 radical (unpaired) electrons. The zero-order chi connectivity index (χ0) is 15.5. The van der Waals surface area contributed by atoms with Gasteiger partial charge in [-0.2, -0.15) is 0 Å². The van der Waals surface area contributed by atoms with Crippen molar-refractivity contribution in [1.82, 2.24) is 4.90 Å². The van der Waals surface area contributed by atoms with Crippen molar-refractivity contribution in [3.63, 3.8) is 0 Å². The third-order valence-electron chi connectivity index (χ3n) is 5.39. The molecule has 1 saturated heterocycles. The summed E-state index contributed by atoms with van der Waals surface area (Å²) in [5.74, 6) is 0.871. The Bertz CT molecular complexity index is 534. The van der Waals surface area contributed by atoms with Crippen LogP contribution >= 0.6 is 0 Å². The highest BCUT2D eigenvalue weighted by molar-refractivity contribution is 6.02. The van der Waals surface area contributed by atoms with E-state index in [-0.39, 0.29) is 23.7 Å². The Labute approximate surface area is 132 Å². The number of likely N-dealkylation sites (tertiary alicyclic amines) is 1. The van der Waals surface area contributed by atoms with Gasteiger partial charge in [0.15, 0.2) is 5.78 Å². The van der Waals surface area contributed by atoms with E-state index in [1.807, 2.05) is 35.2 Å². The zero-order valence-corrected chi connectivity index (χ0v) is 13.3. The number of carbonyl (C=O) groups is 2. The van der Waals surface area contributed by atoms with E-state index in [0.29, 0.717) is 5.92 Å². The maximum absolute atomic E-state index is 12.9. The molecule has 118 valence electrons. The molecule has 1 aromatic carbocycles. The van der Waals surface area contributed by atoms with Crippen molar-refractivity contribution in [3.8, 4) is 0 Å². The molecule has 3 nitrogen and oxygen atoms in total. The van der Waals surface area contributed by atoms with Gasteiger partial charge in [0.1, 0.15) is 0 Å². The second-order valence-electron chi connectivity index (χ2n) is 6.75. The van der Waals surface area contributed by atoms with Crippen LogP contribution in [-0.4, -0.2) is 29.2 Å². The molecule has 3 rings (SSSR count). The molecule has 1 heterocycles. The first-order valence-electron chi connectivity index (χ1n) is 8.58. The first kappa shape index (κ1) is 15.3. The van der Waals surface area contributed by atoms with Crippen molar-refractivity contribution in [2.75, 3.05) is 6.54 Å². The van der Waals surface area contributed by atoms with Crippen molar-refractivity contribution in [1.29, 1.82) is 0 Å². The fourth-order valence-corrected chi connectivity index (χ4v) is 4.02. The predicted octanol–water partition coefficient (Wildman–Crippen LogP) is 3.69. The van der Waals surface area contributed by atoms with Gasteiger partial charge in [0, 0.05) is 18.0 Å². The van der Waals surface area contributed by atoms with Crippen LogP contribution in [0.1, 0.15) is 55.8 Å². The topological polar surface area (TPSA) is 37.4 Å². The summed E-state index contributed by atoms with van der Waals surface area (Å²) in [4.78, 5) is 27.4. The van der Waals surface area contributed by atoms with E-state index < -0.39 is 0 Å². The summed E-state index contributed by atoms with van der Waals surface area (Å²) in [7, 11) is 0. The molecule has 2 aliphatic rings. The molecule has 1 saturated carbocycles. The number of Topliss-reactive ketones (excluding diaryl/α,β-unsaturated/α-hetero) is 1. The molecular weight excluding hydrogens is 274 g/mol. The zero-order valence-electron chi connectivity index (χ0n) is 13.3. The van der Waals surface area contributed by atoms with Gasteiger partial charge in [-0.3, -0.25) is 9.59 Å². The summed E-state index contributed by atoms with van der Waals surface area (Å²) in [6.07, 6.45) is 6.56. The normalized spacial score (nSPS) is 23.7. The highest BCUT2D eigenvalue weighted by Gasteiger charge is 2.38. The molecular formula is C19H25NO2. The van der Waals surface area contributed by atoms with E-state index in [9.17, 15) is 9.59 Å². The van der Waals surface area contributed by atoms with Crippen molar-refractivity contribution < 1.29 is 9.59 Å². The number of benzene rings is 1. The Morgan fingerprint density at radius 1 is 1.05 bits per heavy atom. The molecule has 1 aliphatic carbocycles. The molecule has 1 aromatic rings. The highest BCUT2D eigenvalue weighted by atomic mass is 16.2. The smallest absolute Gasteiger partial charge is 0.226 e. The van der Waals surface area contributed by atoms with Gasteiger partial charge in [0.05, 0.1) is 6.04 Å². The molecule has 2 atom stereocenters. The Hall–Kier alpha value is -1.64. The number of rotatable bonds is 4. The van der Waals surface area contributed by atoms with Gasteiger partial charge >= 0.3 is 0 Å². The monoisotopic (exact) mass is 299 g/mol. The lowest BCUT2D eigenvalue weighted by Crippen LogP contribution is -2.44. The summed E-state index contributed by atoms with van der Waals surface area (Å²) in [6, 6.07) is 9.13. The quantitative estimate of drug-likeness (QED) is 0.795. The first-order chi connectivity index (χ1) is 10.7. The summed E-state index contributed by atoms with van der Waals surface area (Å²) in [6.45, 7) is 2.79. The lowest BCUT2D eigenvalue weighted by atomic mass is 9.90. The number of hydrogen-bond donors (Lipinski definition) is 0. The van der Waals surface area contributed by atoms with E-state index in [4.69, 9.17) is 0 Å². The molecule has 0 spiro atoms. The fraction of sp³-hybridized carbons (Fsp3) is 0.579. The predicted molar refractivity (Wildman–Crippen MR) is 86.6 cm³/mol. The SMILES string of the molecule is CC(C(=O)N1CCCC1C(=O)c1ccccc1)C1CCCC1. The van der Waals surface area contributed by atoms with Gasteiger partial charge in [-0.25, -0.2) is 0 Å². The number of ketones is 1. The number of amides is 1. The Kier molecular flexibility index (Phi) is 4.60. The van der Waals surface area contributed by atoms with Crippen molar-refractivity contribution in [2.45, 2.75) is 51.5 Å². The third-order valence-corrected chi connectivity index (χ3v) is 5.39. The van der Waals surface area contributed by atoms with Crippen LogP contribution in [0.15, 0.2) is 30.3 Å². The van der Waals surface area contributed by atoms with Crippen LogP contribution in [0.2, 0.25) is 0 Å². The van der Waals surface area contributed by atoms with Crippen LogP contribution in [-0.2, 0) is 4.79 Å². The van der Waals surface area contributed by atoms with Crippen LogP contribution in [0.4, 0.5) is 0 Å². The first-order valence-corrected chi connectivity index (χ1v) is 8.58. The third kappa shape index (κ3) is 2.94. The summed E-state index contributed by atoms with van der Waals surface area (Å²) in [5, 5.41) is 0. The summed E-state index contributed by atoms with van der Waals surface area (Å²) < 4.78 is 0. The summed E-state index contributed by atoms with van der Waals surface area (Å²) >= 11 is 0. The second-order valence-corrected chi connectivity index (χ2v) is 6.75. The molecule has 0 N–H and O–H groups in total. The van der Waals surface area contributed by atoms with Crippen LogP contribution in [0.5, 0.6) is 0 Å². The fourth-order valence-electron chi connectivity index (χ4n) is 4.02. The lowest BCUT2D eigenvalue weighted by Gasteiger charge is -2.29. The van der Waals surface area contributed by atoms with Crippen LogP contribution in [0.25, 0.3) is 0 Å². The van der Waals surface area contributed by atoms with Crippen molar-refractivity contribution >= 4 is 11.7 Å². The molecule has 0 bridgehead atoms. The van der Waals surface area contributed by atoms with Gasteiger partial charge in [0.2, 0.25) is 5.91 Å². The van der Waals surface area contributed by atoms with Crippen molar-refractivity contribution in [3.05, 3.63) is 35.9 Å². The largest absolute Gasteiger partial charge is 0.332 e. The minimum absolute atomic E-state index is 0.0617. The highest BCUT2D eigenvalue weighted by Crippen LogP contribution is 2.34. The van der Waals surface area contributed by atoms with E-state index in [1.165, 1.54) is 12.8 Å². The standard InChI is InChI=1S/C19H25NO2/c1-14(15-8-5-6-9-15)19(22)20-13-7-12-17(20)18(21)16-10-3-2-4-11-16/h2-4,10-11,14-15,17H,5-9,12-13H2,1H3. The number of carbonyl (C=O) groups excluding carboxylic acids is 2. The van der Waals surface area contributed by atoms with Gasteiger partial charge in [-0.05, 0) is 31.6 Å². The van der Waals surface area contributed by atoms with Crippen LogP contribution < -0.4 is 0 Å². The lowest BCUT2D eigenvalue weighted by molar-refractivity contribution is -0.136. The maximum Gasteiger partial charge on any atom is 0.226 e. The van der Waals surface area contributed by atoms with E-state index in [1.54, 1.807) is 0 Å². The number of hydrogen-bond acceptors (Lipinski definition) is 2. The molecule has 2 fully saturated rings. The van der Waals surface area contributed by atoms with Gasteiger partial charge in [-0.15, -0.1) is 0 Å². The van der Waals surface area contributed by atoms with E-state index in [0.717, 1.165) is 37.8 Å². The van der Waals surface area contributed by atoms with Crippen molar-refractivity contribution in [2.24, 2.45) is 11.8 Å². The molecule has 2 unspecified atom stereocenters. The van der Waals surface area contributed by atoms with Crippen LogP contribution in [0, 0.1) is 11.8 Å². The minimum atomic E-state index is -0.251. The number of nitrogens with zero attached hydrogens (tertiary/aromatic N) is 1. The Morgan fingerprint density at radius 2 is 1.73 bits per heavy atom. The van der Waals surface area contributed by atoms with Gasteiger partial charge < -0.3 is 4.90 Å². The molecule has 1 amide bonds. The summed E-state index contributed by atoms with van der Waals surface area (Å²) in [5.41, 5.74) is 0.723. The van der Waals surface area contributed by atoms with E-state index in [2.05, 4.69) is 6.92 Å².